The third-order valence-corrected chi connectivity index (χ3v) is 3.14. The molecular weight excluding hydrogens is 234 g/mol. The highest BCUT2D eigenvalue weighted by atomic mass is 14.9. The second-order valence-corrected chi connectivity index (χ2v) is 4.82. The molecular formula is C16H21N3. The zero-order chi connectivity index (χ0) is 13.5. The molecule has 3 heteroatoms. The van der Waals surface area contributed by atoms with Crippen molar-refractivity contribution in [3.8, 4) is 0 Å². The van der Waals surface area contributed by atoms with Crippen molar-refractivity contribution in [3.63, 3.8) is 0 Å². The molecule has 0 bridgehead atoms. The van der Waals surface area contributed by atoms with E-state index in [9.17, 15) is 0 Å². The largest absolute Gasteiger partial charge is 0.310 e. The predicted octanol–water partition coefficient (Wildman–Crippen LogP) is 3.07. The summed E-state index contributed by atoms with van der Waals surface area (Å²) < 4.78 is 0. The molecule has 0 fully saturated rings. The van der Waals surface area contributed by atoms with E-state index in [0.29, 0.717) is 6.04 Å². The summed E-state index contributed by atoms with van der Waals surface area (Å²) >= 11 is 0. The Bertz CT molecular complexity index is 479. The van der Waals surface area contributed by atoms with Crippen LogP contribution in [0.25, 0.3) is 0 Å². The number of hydrogen-bond donors (Lipinski definition) is 1. The number of aromatic nitrogens is 2. The summed E-state index contributed by atoms with van der Waals surface area (Å²) in [5.74, 6) is 0. The van der Waals surface area contributed by atoms with Gasteiger partial charge in [-0.05, 0) is 49.2 Å². The van der Waals surface area contributed by atoms with Crippen molar-refractivity contribution in [2.75, 3.05) is 6.54 Å². The second kappa shape index (κ2) is 7.00. The Balaban J connectivity index is 2.11. The van der Waals surface area contributed by atoms with Crippen LogP contribution in [0.15, 0.2) is 42.9 Å². The molecule has 2 aromatic rings. The van der Waals surface area contributed by atoms with Gasteiger partial charge in [0.05, 0.1) is 0 Å². The summed E-state index contributed by atoms with van der Waals surface area (Å²) in [4.78, 5) is 8.58. The van der Waals surface area contributed by atoms with Gasteiger partial charge in [0, 0.05) is 36.7 Å². The van der Waals surface area contributed by atoms with Gasteiger partial charge in [0.15, 0.2) is 0 Å². The van der Waals surface area contributed by atoms with E-state index in [1.165, 1.54) is 11.1 Å². The molecule has 0 saturated heterocycles. The SMILES string of the molecule is CCCNC(Cc1ccc(C)cn1)c1ccncc1. The molecule has 2 aromatic heterocycles. The number of rotatable bonds is 6. The summed E-state index contributed by atoms with van der Waals surface area (Å²) in [6.07, 6.45) is 7.66. The predicted molar refractivity (Wildman–Crippen MR) is 77.9 cm³/mol. The Morgan fingerprint density at radius 1 is 1.16 bits per heavy atom. The smallest absolute Gasteiger partial charge is 0.0422 e. The van der Waals surface area contributed by atoms with Gasteiger partial charge in [-0.25, -0.2) is 0 Å². The molecule has 0 aliphatic heterocycles. The van der Waals surface area contributed by atoms with Crippen molar-refractivity contribution in [1.29, 1.82) is 0 Å². The molecule has 2 rings (SSSR count). The average molecular weight is 255 g/mol. The molecule has 0 aliphatic rings. The van der Waals surface area contributed by atoms with Crippen LogP contribution >= 0.6 is 0 Å². The van der Waals surface area contributed by atoms with Crippen molar-refractivity contribution >= 4 is 0 Å². The first kappa shape index (κ1) is 13.7. The number of hydrogen-bond acceptors (Lipinski definition) is 3. The second-order valence-electron chi connectivity index (χ2n) is 4.82. The molecule has 1 N–H and O–H groups in total. The van der Waals surface area contributed by atoms with Gasteiger partial charge in [0.1, 0.15) is 0 Å². The molecule has 100 valence electrons. The molecule has 0 spiro atoms. The van der Waals surface area contributed by atoms with Gasteiger partial charge >= 0.3 is 0 Å². The van der Waals surface area contributed by atoms with E-state index in [-0.39, 0.29) is 0 Å². The molecule has 0 radical (unpaired) electrons. The van der Waals surface area contributed by atoms with Crippen LogP contribution in [-0.2, 0) is 6.42 Å². The number of aryl methyl sites for hydroxylation is 1. The highest BCUT2D eigenvalue weighted by molar-refractivity contribution is 5.19. The summed E-state index contributed by atoms with van der Waals surface area (Å²) in [5.41, 5.74) is 3.59. The van der Waals surface area contributed by atoms with Crippen LogP contribution in [0.1, 0.15) is 36.2 Å². The van der Waals surface area contributed by atoms with E-state index >= 15 is 0 Å². The topological polar surface area (TPSA) is 37.8 Å². The molecule has 1 unspecified atom stereocenters. The highest BCUT2D eigenvalue weighted by Gasteiger charge is 2.11. The average Bonchev–Trinajstić information content (AvgIpc) is 2.46. The zero-order valence-corrected chi connectivity index (χ0v) is 11.6. The van der Waals surface area contributed by atoms with Gasteiger partial charge in [-0.2, -0.15) is 0 Å². The van der Waals surface area contributed by atoms with E-state index in [4.69, 9.17) is 0 Å². The van der Waals surface area contributed by atoms with Crippen molar-refractivity contribution in [2.24, 2.45) is 0 Å². The Hall–Kier alpha value is -1.74. The molecule has 2 heterocycles. The normalized spacial score (nSPS) is 12.3. The zero-order valence-electron chi connectivity index (χ0n) is 11.6. The Morgan fingerprint density at radius 2 is 1.95 bits per heavy atom. The lowest BCUT2D eigenvalue weighted by molar-refractivity contribution is 0.524. The fraction of sp³-hybridized carbons (Fsp3) is 0.375. The summed E-state index contributed by atoms with van der Waals surface area (Å²) in [5, 5.41) is 3.58. The quantitative estimate of drug-likeness (QED) is 0.862. The first-order chi connectivity index (χ1) is 9.29. The number of nitrogens with one attached hydrogen (secondary N) is 1. The molecule has 19 heavy (non-hydrogen) atoms. The van der Waals surface area contributed by atoms with Gasteiger partial charge < -0.3 is 5.32 Å². The molecule has 1 atom stereocenters. The van der Waals surface area contributed by atoms with Crippen LogP contribution < -0.4 is 5.32 Å². The first-order valence-corrected chi connectivity index (χ1v) is 6.84. The van der Waals surface area contributed by atoms with Crippen LogP contribution in [0.4, 0.5) is 0 Å². The van der Waals surface area contributed by atoms with Crippen molar-refractivity contribution in [2.45, 2.75) is 32.7 Å². The maximum absolute atomic E-state index is 4.50. The van der Waals surface area contributed by atoms with Crippen molar-refractivity contribution in [1.82, 2.24) is 15.3 Å². The van der Waals surface area contributed by atoms with Gasteiger partial charge in [-0.3, -0.25) is 9.97 Å². The summed E-state index contributed by atoms with van der Waals surface area (Å²) in [7, 11) is 0. The fourth-order valence-electron chi connectivity index (χ4n) is 2.05. The highest BCUT2D eigenvalue weighted by Crippen LogP contribution is 2.17. The Kier molecular flexibility index (Phi) is 5.04. The Labute approximate surface area is 115 Å². The maximum atomic E-state index is 4.50. The molecule has 0 aliphatic carbocycles. The monoisotopic (exact) mass is 255 g/mol. The van der Waals surface area contributed by atoms with Gasteiger partial charge in [-0.15, -0.1) is 0 Å². The van der Waals surface area contributed by atoms with E-state index in [0.717, 1.165) is 25.1 Å². The van der Waals surface area contributed by atoms with Gasteiger partial charge in [-0.1, -0.05) is 13.0 Å². The van der Waals surface area contributed by atoms with E-state index in [2.05, 4.69) is 53.4 Å². The maximum Gasteiger partial charge on any atom is 0.0422 e. The minimum atomic E-state index is 0.304. The van der Waals surface area contributed by atoms with Crippen molar-refractivity contribution in [3.05, 3.63) is 59.7 Å². The van der Waals surface area contributed by atoms with Crippen LogP contribution in [0.5, 0.6) is 0 Å². The minimum Gasteiger partial charge on any atom is -0.310 e. The van der Waals surface area contributed by atoms with E-state index < -0.39 is 0 Å². The lowest BCUT2D eigenvalue weighted by Crippen LogP contribution is -2.24. The van der Waals surface area contributed by atoms with Crippen LogP contribution in [0.3, 0.4) is 0 Å². The van der Waals surface area contributed by atoms with Gasteiger partial charge in [0.25, 0.3) is 0 Å². The van der Waals surface area contributed by atoms with E-state index in [1.807, 2.05) is 18.6 Å². The fourth-order valence-corrected chi connectivity index (χ4v) is 2.05. The Morgan fingerprint density at radius 3 is 2.58 bits per heavy atom. The van der Waals surface area contributed by atoms with Gasteiger partial charge in [0.2, 0.25) is 0 Å². The molecule has 0 saturated carbocycles. The molecule has 0 aromatic carbocycles. The first-order valence-electron chi connectivity index (χ1n) is 6.84. The lowest BCUT2D eigenvalue weighted by atomic mass is 10.0. The summed E-state index contributed by atoms with van der Waals surface area (Å²) in [6, 6.07) is 8.67. The van der Waals surface area contributed by atoms with Crippen LogP contribution in [0, 0.1) is 6.92 Å². The minimum absolute atomic E-state index is 0.304. The number of nitrogens with zero attached hydrogens (tertiary/aromatic N) is 2. The standard InChI is InChI=1S/C16H21N3/c1-3-8-18-16(14-6-9-17-10-7-14)11-15-5-4-13(2)12-19-15/h4-7,9-10,12,16,18H,3,8,11H2,1-2H3. The summed E-state index contributed by atoms with van der Waals surface area (Å²) in [6.45, 7) is 5.26. The van der Waals surface area contributed by atoms with E-state index in [1.54, 1.807) is 0 Å². The van der Waals surface area contributed by atoms with Crippen LogP contribution in [-0.4, -0.2) is 16.5 Å². The lowest BCUT2D eigenvalue weighted by Gasteiger charge is -2.18. The number of pyridine rings is 2. The molecule has 3 nitrogen and oxygen atoms in total. The van der Waals surface area contributed by atoms with Crippen LogP contribution in [0.2, 0.25) is 0 Å². The molecule has 0 amide bonds. The third kappa shape index (κ3) is 4.14. The third-order valence-electron chi connectivity index (χ3n) is 3.14. The van der Waals surface area contributed by atoms with Crippen molar-refractivity contribution < 1.29 is 0 Å².